The fourth-order valence-corrected chi connectivity index (χ4v) is 1.43. The Hall–Kier alpha value is -1.30. The molecule has 0 saturated heterocycles. The van der Waals surface area contributed by atoms with Gasteiger partial charge in [0, 0.05) is 32.8 Å². The lowest BCUT2D eigenvalue weighted by Crippen LogP contribution is -2.39. The summed E-state index contributed by atoms with van der Waals surface area (Å²) < 4.78 is 5.27. The van der Waals surface area contributed by atoms with Crippen molar-refractivity contribution < 1.29 is 9.53 Å². The number of unbranched alkanes of at least 4 members (excludes halogenated alkanes) is 1. The number of carbonyl (C=O) groups excluding carboxylic acids is 1. The molecule has 3 N–H and O–H groups in total. The lowest BCUT2D eigenvalue weighted by Gasteiger charge is -2.11. The molecule has 0 fully saturated rings. The second kappa shape index (κ2) is 13.1. The number of carbonyl (C=O) groups is 1. The molecular weight excluding hydrogens is 244 g/mol. The van der Waals surface area contributed by atoms with Crippen LogP contribution in [0.15, 0.2) is 4.99 Å². The number of hydrogen-bond donors (Lipinski definition) is 3. The van der Waals surface area contributed by atoms with E-state index in [-0.39, 0.29) is 12.5 Å². The number of rotatable bonds is 10. The summed E-state index contributed by atoms with van der Waals surface area (Å²) in [7, 11) is 0. The van der Waals surface area contributed by atoms with E-state index < -0.39 is 0 Å². The summed E-state index contributed by atoms with van der Waals surface area (Å²) in [5.74, 6) is 0.626. The van der Waals surface area contributed by atoms with E-state index in [9.17, 15) is 4.79 Å². The smallest absolute Gasteiger partial charge is 0.241 e. The fraction of sp³-hybridized carbons (Fsp3) is 0.846. The molecule has 0 aliphatic rings. The summed E-state index contributed by atoms with van der Waals surface area (Å²) in [4.78, 5) is 15.5. The number of aliphatic imine (C=N–C) groups is 1. The molecule has 19 heavy (non-hydrogen) atoms. The summed E-state index contributed by atoms with van der Waals surface area (Å²) in [6.45, 7) is 9.85. The first-order valence-corrected chi connectivity index (χ1v) is 7.11. The van der Waals surface area contributed by atoms with Gasteiger partial charge in [-0.1, -0.05) is 0 Å². The van der Waals surface area contributed by atoms with Crippen LogP contribution in [0.1, 0.15) is 33.6 Å². The number of guanidine groups is 1. The van der Waals surface area contributed by atoms with Gasteiger partial charge >= 0.3 is 0 Å². The molecule has 6 nitrogen and oxygen atoms in total. The molecule has 1 amide bonds. The van der Waals surface area contributed by atoms with Gasteiger partial charge < -0.3 is 20.7 Å². The summed E-state index contributed by atoms with van der Waals surface area (Å²) in [6.07, 6.45) is 2.04. The Labute approximate surface area is 116 Å². The molecule has 112 valence electrons. The summed E-state index contributed by atoms with van der Waals surface area (Å²) in [5.41, 5.74) is 0. The molecule has 0 radical (unpaired) electrons. The van der Waals surface area contributed by atoms with E-state index in [0.29, 0.717) is 12.5 Å². The van der Waals surface area contributed by atoms with Crippen molar-refractivity contribution in [3.63, 3.8) is 0 Å². The topological polar surface area (TPSA) is 74.8 Å². The van der Waals surface area contributed by atoms with E-state index in [2.05, 4.69) is 20.9 Å². The van der Waals surface area contributed by atoms with Crippen LogP contribution in [-0.2, 0) is 9.53 Å². The largest absolute Gasteiger partial charge is 0.382 e. The first kappa shape index (κ1) is 17.7. The van der Waals surface area contributed by atoms with Gasteiger partial charge in [-0.15, -0.1) is 0 Å². The number of nitrogens with one attached hydrogen (secondary N) is 3. The van der Waals surface area contributed by atoms with Crippen LogP contribution < -0.4 is 16.0 Å². The zero-order valence-corrected chi connectivity index (χ0v) is 12.4. The Morgan fingerprint density at radius 2 is 1.79 bits per heavy atom. The monoisotopic (exact) mass is 272 g/mol. The van der Waals surface area contributed by atoms with E-state index in [0.717, 1.165) is 39.1 Å². The van der Waals surface area contributed by atoms with Crippen molar-refractivity contribution in [1.29, 1.82) is 0 Å². The van der Waals surface area contributed by atoms with Crippen molar-refractivity contribution in [2.45, 2.75) is 33.6 Å². The highest BCUT2D eigenvalue weighted by Gasteiger charge is 2.00. The van der Waals surface area contributed by atoms with Crippen molar-refractivity contribution in [2.24, 2.45) is 4.99 Å². The molecule has 0 saturated carbocycles. The fourth-order valence-electron chi connectivity index (χ4n) is 1.43. The van der Waals surface area contributed by atoms with Crippen LogP contribution in [0.25, 0.3) is 0 Å². The lowest BCUT2D eigenvalue weighted by atomic mass is 10.3. The molecule has 0 aromatic carbocycles. The van der Waals surface area contributed by atoms with Crippen LogP contribution in [0, 0.1) is 0 Å². The van der Waals surface area contributed by atoms with Crippen LogP contribution >= 0.6 is 0 Å². The SMILES string of the molecule is CCNC(=O)CN=C(NCC)NCCCCOCC. The predicted molar refractivity (Wildman–Crippen MR) is 78.4 cm³/mol. The Balaban J connectivity index is 3.84. The average Bonchev–Trinajstić information content (AvgIpc) is 2.40. The minimum absolute atomic E-state index is 0.0592. The Morgan fingerprint density at radius 1 is 1.05 bits per heavy atom. The summed E-state index contributed by atoms with van der Waals surface area (Å²) >= 11 is 0. The molecule has 0 aromatic rings. The molecule has 0 heterocycles. The predicted octanol–water partition coefficient (Wildman–Crippen LogP) is 0.494. The van der Waals surface area contributed by atoms with Gasteiger partial charge in [0.25, 0.3) is 0 Å². The molecule has 0 aromatic heterocycles. The molecule has 0 unspecified atom stereocenters. The first-order chi connectivity index (χ1) is 9.24. The standard InChI is InChI=1S/C13H28N4O2/c1-4-14-12(18)11-17-13(15-5-2)16-9-7-8-10-19-6-3/h4-11H2,1-3H3,(H,14,18)(H2,15,16,17). The summed E-state index contributed by atoms with van der Waals surface area (Å²) in [6, 6.07) is 0. The van der Waals surface area contributed by atoms with Crippen molar-refractivity contribution in [3.8, 4) is 0 Å². The average molecular weight is 272 g/mol. The molecular formula is C13H28N4O2. The van der Waals surface area contributed by atoms with Crippen molar-refractivity contribution >= 4 is 11.9 Å². The third-order valence-electron chi connectivity index (χ3n) is 2.31. The van der Waals surface area contributed by atoms with Crippen LogP contribution in [0.5, 0.6) is 0 Å². The van der Waals surface area contributed by atoms with Crippen molar-refractivity contribution in [2.75, 3.05) is 39.4 Å². The van der Waals surface area contributed by atoms with Gasteiger partial charge in [0.2, 0.25) is 5.91 Å². The molecule has 0 spiro atoms. The van der Waals surface area contributed by atoms with E-state index in [1.807, 2.05) is 20.8 Å². The maximum atomic E-state index is 11.3. The van der Waals surface area contributed by atoms with E-state index in [1.54, 1.807) is 0 Å². The molecule has 6 heteroatoms. The van der Waals surface area contributed by atoms with Crippen LogP contribution in [0.4, 0.5) is 0 Å². The summed E-state index contributed by atoms with van der Waals surface area (Å²) in [5, 5.41) is 9.02. The van der Waals surface area contributed by atoms with Crippen LogP contribution in [0.3, 0.4) is 0 Å². The third kappa shape index (κ3) is 11.5. The second-order valence-corrected chi connectivity index (χ2v) is 3.98. The molecule has 0 bridgehead atoms. The number of amides is 1. The van der Waals surface area contributed by atoms with Gasteiger partial charge in [-0.05, 0) is 33.6 Å². The van der Waals surface area contributed by atoms with Gasteiger partial charge in [0.05, 0.1) is 0 Å². The highest BCUT2D eigenvalue weighted by atomic mass is 16.5. The Bertz CT molecular complexity index is 257. The number of nitrogens with zero attached hydrogens (tertiary/aromatic N) is 1. The molecule has 0 aliphatic carbocycles. The van der Waals surface area contributed by atoms with Gasteiger partial charge in [-0.2, -0.15) is 0 Å². The Kier molecular flexibility index (Phi) is 12.2. The molecule has 0 aliphatic heterocycles. The first-order valence-electron chi connectivity index (χ1n) is 7.11. The maximum absolute atomic E-state index is 11.3. The minimum atomic E-state index is -0.0592. The highest BCUT2D eigenvalue weighted by Crippen LogP contribution is 1.88. The number of likely N-dealkylation sites (N-methyl/N-ethyl adjacent to an activating group) is 1. The second-order valence-electron chi connectivity index (χ2n) is 3.98. The zero-order valence-electron chi connectivity index (χ0n) is 12.4. The van der Waals surface area contributed by atoms with Crippen molar-refractivity contribution in [1.82, 2.24) is 16.0 Å². The van der Waals surface area contributed by atoms with E-state index in [1.165, 1.54) is 0 Å². The van der Waals surface area contributed by atoms with Crippen LogP contribution in [-0.4, -0.2) is 51.3 Å². The number of hydrogen-bond acceptors (Lipinski definition) is 3. The van der Waals surface area contributed by atoms with E-state index >= 15 is 0 Å². The van der Waals surface area contributed by atoms with Gasteiger partial charge in [-0.3, -0.25) is 4.79 Å². The van der Waals surface area contributed by atoms with E-state index in [4.69, 9.17) is 4.74 Å². The number of ether oxygens (including phenoxy) is 1. The third-order valence-corrected chi connectivity index (χ3v) is 2.31. The lowest BCUT2D eigenvalue weighted by molar-refractivity contribution is -0.119. The van der Waals surface area contributed by atoms with Gasteiger partial charge in [0.1, 0.15) is 6.54 Å². The Morgan fingerprint density at radius 3 is 2.42 bits per heavy atom. The highest BCUT2D eigenvalue weighted by molar-refractivity contribution is 5.84. The molecule has 0 atom stereocenters. The van der Waals surface area contributed by atoms with Crippen LogP contribution in [0.2, 0.25) is 0 Å². The van der Waals surface area contributed by atoms with Crippen molar-refractivity contribution in [3.05, 3.63) is 0 Å². The zero-order chi connectivity index (χ0) is 14.3. The quantitative estimate of drug-likeness (QED) is 0.307. The maximum Gasteiger partial charge on any atom is 0.241 e. The van der Waals surface area contributed by atoms with Gasteiger partial charge in [-0.25, -0.2) is 4.99 Å². The normalized spacial score (nSPS) is 11.2. The van der Waals surface area contributed by atoms with Gasteiger partial charge in [0.15, 0.2) is 5.96 Å². The molecule has 0 rings (SSSR count). The minimum Gasteiger partial charge on any atom is -0.382 e.